The van der Waals surface area contributed by atoms with Gasteiger partial charge in [-0.3, -0.25) is 9.78 Å². The van der Waals surface area contributed by atoms with Crippen molar-refractivity contribution < 1.29 is 18.0 Å². The third-order valence-electron chi connectivity index (χ3n) is 6.19. The van der Waals surface area contributed by atoms with Crippen molar-refractivity contribution in [2.24, 2.45) is 0 Å². The van der Waals surface area contributed by atoms with Crippen LogP contribution in [0.3, 0.4) is 0 Å². The van der Waals surface area contributed by atoms with Crippen LogP contribution in [0.25, 0.3) is 22.5 Å². The molecule has 0 aliphatic carbocycles. The van der Waals surface area contributed by atoms with E-state index in [4.69, 9.17) is 4.98 Å². The van der Waals surface area contributed by atoms with Crippen LogP contribution in [0, 0.1) is 17.5 Å². The maximum atomic E-state index is 14.3. The summed E-state index contributed by atoms with van der Waals surface area (Å²) in [7, 11) is 0. The van der Waals surface area contributed by atoms with Crippen molar-refractivity contribution in [2.75, 3.05) is 13.1 Å². The van der Waals surface area contributed by atoms with Gasteiger partial charge in [-0.2, -0.15) is 0 Å². The van der Waals surface area contributed by atoms with Gasteiger partial charge in [-0.15, -0.1) is 0 Å². The number of pyridine rings is 1. The molecule has 0 spiro atoms. The van der Waals surface area contributed by atoms with E-state index in [0.29, 0.717) is 24.9 Å². The Morgan fingerprint density at radius 3 is 2.43 bits per heavy atom. The smallest absolute Gasteiger partial charge is 0.259 e. The molecule has 35 heavy (non-hydrogen) atoms. The van der Waals surface area contributed by atoms with Crippen LogP contribution in [-0.4, -0.2) is 38.8 Å². The SMILES string of the molecule is O=C(c1c(F)ccc(F)c1F)N1CCC[C@@H](c2nc(-c3ccncc3)ncc2-c2ccccc2)C1. The number of aromatic nitrogens is 3. The highest BCUT2D eigenvalue weighted by Crippen LogP contribution is 2.35. The number of piperidine rings is 1. The van der Waals surface area contributed by atoms with E-state index in [1.165, 1.54) is 4.90 Å². The molecule has 0 saturated carbocycles. The first-order valence-electron chi connectivity index (χ1n) is 11.3. The van der Waals surface area contributed by atoms with Gasteiger partial charge in [0.15, 0.2) is 17.5 Å². The number of halogens is 3. The van der Waals surface area contributed by atoms with Crippen LogP contribution in [0.2, 0.25) is 0 Å². The molecule has 176 valence electrons. The molecule has 2 aromatic carbocycles. The molecule has 8 heteroatoms. The maximum Gasteiger partial charge on any atom is 0.259 e. The van der Waals surface area contributed by atoms with Crippen molar-refractivity contribution in [1.29, 1.82) is 0 Å². The van der Waals surface area contributed by atoms with E-state index in [-0.39, 0.29) is 12.5 Å². The van der Waals surface area contributed by atoms with E-state index in [1.54, 1.807) is 18.6 Å². The van der Waals surface area contributed by atoms with Gasteiger partial charge in [0.1, 0.15) is 11.4 Å². The first-order chi connectivity index (χ1) is 17.0. The Hall–Kier alpha value is -4.07. The molecule has 5 rings (SSSR count). The Labute approximate surface area is 200 Å². The predicted octanol–water partition coefficient (Wildman–Crippen LogP) is 5.64. The molecule has 0 radical (unpaired) electrons. The van der Waals surface area contributed by atoms with Gasteiger partial charge in [0.25, 0.3) is 5.91 Å². The van der Waals surface area contributed by atoms with Gasteiger partial charge in [0.05, 0.1) is 5.69 Å². The summed E-state index contributed by atoms with van der Waals surface area (Å²) in [6.07, 6.45) is 6.42. The lowest BCUT2D eigenvalue weighted by Crippen LogP contribution is -2.40. The molecular weight excluding hydrogens is 453 g/mol. The second-order valence-electron chi connectivity index (χ2n) is 8.40. The molecule has 1 saturated heterocycles. The summed E-state index contributed by atoms with van der Waals surface area (Å²) in [5, 5.41) is 0. The number of rotatable bonds is 4. The lowest BCUT2D eigenvalue weighted by atomic mass is 9.89. The molecule has 1 aliphatic heterocycles. The Bertz CT molecular complexity index is 1370. The van der Waals surface area contributed by atoms with E-state index in [2.05, 4.69) is 9.97 Å². The average Bonchev–Trinajstić information content (AvgIpc) is 2.91. The van der Waals surface area contributed by atoms with Crippen molar-refractivity contribution in [3.05, 3.63) is 102 Å². The number of nitrogens with zero attached hydrogens (tertiary/aromatic N) is 4. The molecule has 5 nitrogen and oxygen atoms in total. The molecule has 1 atom stereocenters. The lowest BCUT2D eigenvalue weighted by Gasteiger charge is -2.33. The number of benzene rings is 2. The third kappa shape index (κ3) is 4.51. The Balaban J connectivity index is 1.53. The zero-order valence-electron chi connectivity index (χ0n) is 18.7. The summed E-state index contributed by atoms with van der Waals surface area (Å²) in [6, 6.07) is 14.7. The standard InChI is InChI=1S/C27H21F3N4O/c28-21-8-9-22(29)24(30)23(21)27(35)34-14-4-7-19(16-34)25-20(17-5-2-1-3-6-17)15-32-26(33-25)18-10-12-31-13-11-18/h1-3,5-6,8-13,15,19H,4,7,14,16H2/t19-/m1/s1. The number of hydrogen-bond donors (Lipinski definition) is 0. The Morgan fingerprint density at radius 2 is 1.66 bits per heavy atom. The summed E-state index contributed by atoms with van der Waals surface area (Å²) in [6.45, 7) is 0.508. The third-order valence-corrected chi connectivity index (χ3v) is 6.19. The molecule has 1 aliphatic rings. The van der Waals surface area contributed by atoms with Crippen molar-refractivity contribution in [3.8, 4) is 22.5 Å². The highest BCUT2D eigenvalue weighted by atomic mass is 19.2. The quantitative estimate of drug-likeness (QED) is 0.359. The second kappa shape index (κ2) is 9.66. The minimum Gasteiger partial charge on any atom is -0.338 e. The van der Waals surface area contributed by atoms with Gasteiger partial charge >= 0.3 is 0 Å². The maximum absolute atomic E-state index is 14.3. The van der Waals surface area contributed by atoms with Crippen LogP contribution < -0.4 is 0 Å². The summed E-state index contributed by atoms with van der Waals surface area (Å²) in [5.41, 5.74) is 2.43. The fourth-order valence-electron chi connectivity index (χ4n) is 4.45. The van der Waals surface area contributed by atoms with Crippen molar-refractivity contribution >= 4 is 5.91 Å². The van der Waals surface area contributed by atoms with E-state index in [1.807, 2.05) is 42.5 Å². The van der Waals surface area contributed by atoms with E-state index < -0.39 is 28.9 Å². The van der Waals surface area contributed by atoms with E-state index in [0.717, 1.165) is 34.9 Å². The number of carbonyl (C=O) groups is 1. The molecule has 3 heterocycles. The van der Waals surface area contributed by atoms with E-state index >= 15 is 0 Å². The zero-order valence-corrected chi connectivity index (χ0v) is 18.7. The highest BCUT2D eigenvalue weighted by Gasteiger charge is 2.32. The minimum absolute atomic E-state index is 0.195. The predicted molar refractivity (Wildman–Crippen MR) is 125 cm³/mol. The first-order valence-corrected chi connectivity index (χ1v) is 11.3. The minimum atomic E-state index is -1.47. The lowest BCUT2D eigenvalue weighted by molar-refractivity contribution is 0.0695. The first kappa shape index (κ1) is 22.7. The van der Waals surface area contributed by atoms with Gasteiger partial charge < -0.3 is 4.90 Å². The van der Waals surface area contributed by atoms with Crippen LogP contribution in [0.1, 0.15) is 34.8 Å². The largest absolute Gasteiger partial charge is 0.338 e. The van der Waals surface area contributed by atoms with Gasteiger partial charge in [-0.05, 0) is 42.7 Å². The molecule has 2 aromatic heterocycles. The summed E-state index contributed by atoms with van der Waals surface area (Å²) in [4.78, 5) is 27.9. The van der Waals surface area contributed by atoms with Crippen LogP contribution in [0.15, 0.2) is 73.2 Å². The molecule has 4 aromatic rings. The second-order valence-corrected chi connectivity index (χ2v) is 8.40. The van der Waals surface area contributed by atoms with Crippen LogP contribution in [0.5, 0.6) is 0 Å². The fourth-order valence-corrected chi connectivity index (χ4v) is 4.45. The number of likely N-dealkylation sites (tertiary alicyclic amines) is 1. The fraction of sp³-hybridized carbons (Fsp3) is 0.185. The summed E-state index contributed by atoms with van der Waals surface area (Å²) >= 11 is 0. The van der Waals surface area contributed by atoms with Crippen molar-refractivity contribution in [3.63, 3.8) is 0 Å². The van der Waals surface area contributed by atoms with E-state index in [9.17, 15) is 18.0 Å². The molecule has 0 unspecified atom stereocenters. The normalized spacial score (nSPS) is 15.7. The van der Waals surface area contributed by atoms with Gasteiger partial charge in [0.2, 0.25) is 0 Å². The highest BCUT2D eigenvalue weighted by molar-refractivity contribution is 5.95. The van der Waals surface area contributed by atoms with Gasteiger partial charge in [-0.1, -0.05) is 30.3 Å². The monoisotopic (exact) mass is 474 g/mol. The molecular formula is C27H21F3N4O. The van der Waals surface area contributed by atoms with Gasteiger partial charge in [0, 0.05) is 48.7 Å². The number of carbonyl (C=O) groups excluding carboxylic acids is 1. The molecule has 1 amide bonds. The van der Waals surface area contributed by atoms with Crippen molar-refractivity contribution in [1.82, 2.24) is 19.9 Å². The molecule has 1 fully saturated rings. The van der Waals surface area contributed by atoms with Gasteiger partial charge in [-0.25, -0.2) is 23.1 Å². The Morgan fingerprint density at radius 1 is 0.914 bits per heavy atom. The zero-order chi connectivity index (χ0) is 24.4. The van der Waals surface area contributed by atoms with Crippen LogP contribution in [-0.2, 0) is 0 Å². The molecule has 0 bridgehead atoms. The van der Waals surface area contributed by atoms with Crippen molar-refractivity contribution in [2.45, 2.75) is 18.8 Å². The van der Waals surface area contributed by atoms with Crippen LogP contribution in [0.4, 0.5) is 13.2 Å². The number of amides is 1. The molecule has 0 N–H and O–H groups in total. The Kier molecular flexibility index (Phi) is 6.27. The summed E-state index contributed by atoms with van der Waals surface area (Å²) < 4.78 is 42.4. The number of hydrogen-bond acceptors (Lipinski definition) is 4. The average molecular weight is 474 g/mol. The van der Waals surface area contributed by atoms with Crippen LogP contribution >= 0.6 is 0 Å². The topological polar surface area (TPSA) is 59.0 Å². The summed E-state index contributed by atoms with van der Waals surface area (Å²) in [5.74, 6) is -4.35.